The van der Waals surface area contributed by atoms with Crippen molar-refractivity contribution in [3.8, 4) is 0 Å². The summed E-state index contributed by atoms with van der Waals surface area (Å²) in [4.78, 5) is 34.0. The molecule has 1 aliphatic heterocycles. The Hall–Kier alpha value is -1.67. The highest BCUT2D eigenvalue weighted by molar-refractivity contribution is 5.68. The van der Waals surface area contributed by atoms with Crippen LogP contribution in [-0.2, 0) is 38.1 Å². The van der Waals surface area contributed by atoms with Crippen molar-refractivity contribution < 1.29 is 38.1 Å². The molecule has 22 heavy (non-hydrogen) atoms. The third kappa shape index (κ3) is 4.67. The molecule has 0 N–H and O–H groups in total. The first kappa shape index (κ1) is 18.4. The van der Waals surface area contributed by atoms with Gasteiger partial charge in [-0.1, -0.05) is 6.92 Å². The normalized spacial score (nSPS) is 31.2. The number of esters is 3. The van der Waals surface area contributed by atoms with E-state index in [1.165, 1.54) is 27.9 Å². The van der Waals surface area contributed by atoms with Gasteiger partial charge in [0.25, 0.3) is 0 Å². The molecule has 8 nitrogen and oxygen atoms in total. The second kappa shape index (κ2) is 8.09. The van der Waals surface area contributed by atoms with Crippen molar-refractivity contribution in [3.05, 3.63) is 0 Å². The molecule has 0 bridgehead atoms. The highest BCUT2D eigenvalue weighted by Gasteiger charge is 2.51. The average Bonchev–Trinajstić information content (AvgIpc) is 2.41. The molecule has 126 valence electrons. The van der Waals surface area contributed by atoms with Crippen molar-refractivity contribution in [2.75, 3.05) is 7.11 Å². The molecule has 0 aromatic rings. The van der Waals surface area contributed by atoms with Gasteiger partial charge in [-0.25, -0.2) is 0 Å². The molecule has 0 aromatic heterocycles. The summed E-state index contributed by atoms with van der Waals surface area (Å²) in [5.74, 6) is -1.74. The minimum absolute atomic E-state index is 0.488. The summed E-state index contributed by atoms with van der Waals surface area (Å²) >= 11 is 0. The third-order valence-corrected chi connectivity index (χ3v) is 3.13. The minimum Gasteiger partial charge on any atom is -0.456 e. The summed E-state index contributed by atoms with van der Waals surface area (Å²) in [7, 11) is 1.38. The second-order valence-corrected chi connectivity index (χ2v) is 4.91. The molecular weight excluding hydrogens is 296 g/mol. The Morgan fingerprint density at radius 2 is 1.32 bits per heavy atom. The van der Waals surface area contributed by atoms with E-state index in [4.69, 9.17) is 23.7 Å². The summed E-state index contributed by atoms with van der Waals surface area (Å²) in [6.45, 7) is 5.49. The van der Waals surface area contributed by atoms with Crippen LogP contribution in [0.5, 0.6) is 0 Å². The molecule has 0 radical (unpaired) electrons. The highest BCUT2D eigenvalue weighted by atomic mass is 16.7. The topological polar surface area (TPSA) is 97.4 Å². The van der Waals surface area contributed by atoms with Crippen LogP contribution in [0, 0.1) is 0 Å². The molecule has 1 rings (SSSR count). The Kier molecular flexibility index (Phi) is 6.76. The lowest BCUT2D eigenvalue weighted by atomic mass is 9.96. The maximum absolute atomic E-state index is 11.4. The molecule has 0 aromatic carbocycles. The van der Waals surface area contributed by atoms with E-state index in [2.05, 4.69) is 0 Å². The van der Waals surface area contributed by atoms with Gasteiger partial charge in [0, 0.05) is 27.9 Å². The van der Waals surface area contributed by atoms with E-state index in [1.807, 2.05) is 6.92 Å². The van der Waals surface area contributed by atoms with Crippen LogP contribution < -0.4 is 0 Å². The maximum atomic E-state index is 11.4. The van der Waals surface area contributed by atoms with Gasteiger partial charge in [0.05, 0.1) is 0 Å². The second-order valence-electron chi connectivity index (χ2n) is 4.91. The molecule has 8 heteroatoms. The van der Waals surface area contributed by atoms with E-state index in [1.54, 1.807) is 0 Å². The number of ether oxygens (including phenoxy) is 5. The molecule has 1 saturated heterocycles. The van der Waals surface area contributed by atoms with Crippen LogP contribution in [0.1, 0.15) is 34.1 Å². The molecule has 5 atom stereocenters. The summed E-state index contributed by atoms with van der Waals surface area (Å²) in [6.07, 6.45) is -3.91. The standard InChI is InChI=1S/C14H22O8/c1-6-10-11(19-7(2)15)12(20-8(3)16)13(21-9(4)17)14(18-5)22-10/h10-14H,6H2,1-5H3. The van der Waals surface area contributed by atoms with Gasteiger partial charge in [-0.3, -0.25) is 14.4 Å². The number of methoxy groups -OCH3 is 1. The first-order valence-electron chi connectivity index (χ1n) is 7.00. The first-order valence-corrected chi connectivity index (χ1v) is 7.00. The Labute approximate surface area is 129 Å². The SMILES string of the molecule is CCC1OC(OC)C(OC(C)=O)C(OC(C)=O)C1OC(C)=O. The van der Waals surface area contributed by atoms with Gasteiger partial charge in [0.15, 0.2) is 24.6 Å². The van der Waals surface area contributed by atoms with Crippen LogP contribution in [0.25, 0.3) is 0 Å². The van der Waals surface area contributed by atoms with E-state index < -0.39 is 48.6 Å². The smallest absolute Gasteiger partial charge is 0.303 e. The Balaban J connectivity index is 3.14. The molecule has 1 aliphatic rings. The van der Waals surface area contributed by atoms with E-state index in [9.17, 15) is 14.4 Å². The lowest BCUT2D eigenvalue weighted by Gasteiger charge is -2.43. The Morgan fingerprint density at radius 1 is 0.864 bits per heavy atom. The Bertz CT molecular complexity index is 391. The van der Waals surface area contributed by atoms with Gasteiger partial charge in [-0.15, -0.1) is 0 Å². The van der Waals surface area contributed by atoms with E-state index in [-0.39, 0.29) is 0 Å². The van der Waals surface area contributed by atoms with E-state index in [0.29, 0.717) is 6.42 Å². The van der Waals surface area contributed by atoms with Crippen molar-refractivity contribution in [2.45, 2.75) is 64.8 Å². The predicted octanol–water partition coefficient (Wildman–Crippen LogP) is 0.563. The van der Waals surface area contributed by atoms with Crippen molar-refractivity contribution in [3.63, 3.8) is 0 Å². The lowest BCUT2D eigenvalue weighted by Crippen LogP contribution is -2.61. The molecule has 0 aliphatic carbocycles. The van der Waals surface area contributed by atoms with Crippen molar-refractivity contribution >= 4 is 17.9 Å². The quantitative estimate of drug-likeness (QED) is 0.536. The van der Waals surface area contributed by atoms with Gasteiger partial charge in [0.2, 0.25) is 0 Å². The zero-order valence-electron chi connectivity index (χ0n) is 13.4. The van der Waals surface area contributed by atoms with Gasteiger partial charge in [-0.05, 0) is 6.42 Å². The van der Waals surface area contributed by atoms with Gasteiger partial charge in [0.1, 0.15) is 6.10 Å². The Morgan fingerprint density at radius 3 is 1.73 bits per heavy atom. The number of carbonyl (C=O) groups excluding carboxylic acids is 3. The molecule has 1 heterocycles. The van der Waals surface area contributed by atoms with E-state index in [0.717, 1.165) is 0 Å². The summed E-state index contributed by atoms with van der Waals surface area (Å²) < 4.78 is 26.4. The molecule has 5 unspecified atom stereocenters. The fraction of sp³-hybridized carbons (Fsp3) is 0.786. The predicted molar refractivity (Wildman–Crippen MR) is 72.6 cm³/mol. The van der Waals surface area contributed by atoms with E-state index >= 15 is 0 Å². The number of hydrogen-bond donors (Lipinski definition) is 0. The zero-order chi connectivity index (χ0) is 16.9. The summed E-state index contributed by atoms with van der Waals surface area (Å²) in [6, 6.07) is 0. The highest BCUT2D eigenvalue weighted by Crippen LogP contribution is 2.30. The van der Waals surface area contributed by atoms with Crippen molar-refractivity contribution in [1.82, 2.24) is 0 Å². The summed E-state index contributed by atoms with van der Waals surface area (Å²) in [5, 5.41) is 0. The van der Waals surface area contributed by atoms with Crippen LogP contribution in [-0.4, -0.2) is 55.7 Å². The lowest BCUT2D eigenvalue weighted by molar-refractivity contribution is -0.298. The molecule has 0 amide bonds. The maximum Gasteiger partial charge on any atom is 0.303 e. The van der Waals surface area contributed by atoms with Crippen molar-refractivity contribution in [2.24, 2.45) is 0 Å². The zero-order valence-corrected chi connectivity index (χ0v) is 13.4. The van der Waals surface area contributed by atoms with Gasteiger partial charge < -0.3 is 23.7 Å². The number of carbonyl (C=O) groups is 3. The molecule has 1 fully saturated rings. The van der Waals surface area contributed by atoms with Crippen LogP contribution in [0.15, 0.2) is 0 Å². The number of rotatable bonds is 5. The van der Waals surface area contributed by atoms with Gasteiger partial charge in [-0.2, -0.15) is 0 Å². The van der Waals surface area contributed by atoms with Crippen LogP contribution >= 0.6 is 0 Å². The fourth-order valence-corrected chi connectivity index (χ4v) is 2.37. The monoisotopic (exact) mass is 318 g/mol. The van der Waals surface area contributed by atoms with Gasteiger partial charge >= 0.3 is 17.9 Å². The molecule has 0 saturated carbocycles. The fourth-order valence-electron chi connectivity index (χ4n) is 2.37. The van der Waals surface area contributed by atoms with Crippen molar-refractivity contribution in [1.29, 1.82) is 0 Å². The number of hydrogen-bond acceptors (Lipinski definition) is 8. The third-order valence-electron chi connectivity index (χ3n) is 3.13. The first-order chi connectivity index (χ1) is 10.3. The minimum atomic E-state index is -1.03. The van der Waals surface area contributed by atoms with Crippen LogP contribution in [0.2, 0.25) is 0 Å². The van der Waals surface area contributed by atoms with Crippen LogP contribution in [0.4, 0.5) is 0 Å². The molecule has 0 spiro atoms. The molecular formula is C14H22O8. The average molecular weight is 318 g/mol. The van der Waals surface area contributed by atoms with Crippen LogP contribution in [0.3, 0.4) is 0 Å². The largest absolute Gasteiger partial charge is 0.456 e. The summed E-state index contributed by atoms with van der Waals surface area (Å²) in [5.41, 5.74) is 0.